The highest BCUT2D eigenvalue weighted by Crippen LogP contribution is 2.14. The fourth-order valence-corrected chi connectivity index (χ4v) is 2.80. The number of hydrogen-bond acceptors (Lipinski definition) is 4. The molecule has 0 aliphatic heterocycles. The molecule has 1 rings (SSSR count). The molecule has 1 unspecified atom stereocenters. The summed E-state index contributed by atoms with van der Waals surface area (Å²) in [6.45, 7) is 6.30. The lowest BCUT2D eigenvalue weighted by molar-refractivity contribution is -0.150. The third-order valence-corrected chi connectivity index (χ3v) is 4.54. The van der Waals surface area contributed by atoms with Gasteiger partial charge in [0.2, 0.25) is 0 Å². The molecule has 1 N–H and O–H groups in total. The van der Waals surface area contributed by atoms with Crippen molar-refractivity contribution >= 4 is 5.97 Å². The number of methoxy groups -OCH3 is 1. The van der Waals surface area contributed by atoms with Gasteiger partial charge in [-0.05, 0) is 63.5 Å². The fraction of sp³-hybridized carbons (Fsp3) is 0.522. The predicted octanol–water partition coefficient (Wildman–Crippen LogP) is 5.39. The summed E-state index contributed by atoms with van der Waals surface area (Å²) in [6.07, 6.45) is 16.7. The van der Waals surface area contributed by atoms with Gasteiger partial charge in [0.1, 0.15) is 0 Å². The number of aliphatic hydroxyl groups excluding tert-OH is 1. The molecule has 2 atom stereocenters. The Hall–Kier alpha value is -2.07. The molecule has 0 bridgehead atoms. The third-order valence-electron chi connectivity index (χ3n) is 4.54. The van der Waals surface area contributed by atoms with Crippen LogP contribution in [0.25, 0.3) is 0 Å². The van der Waals surface area contributed by atoms with E-state index in [1.54, 1.807) is 6.26 Å². The molecular weight excluding hydrogens is 340 g/mol. The van der Waals surface area contributed by atoms with Crippen LogP contribution < -0.4 is 0 Å². The Balaban J connectivity index is 2.24. The van der Waals surface area contributed by atoms with Gasteiger partial charge in [0, 0.05) is 6.42 Å². The van der Waals surface area contributed by atoms with Crippen LogP contribution in [-0.4, -0.2) is 24.3 Å². The second-order valence-corrected chi connectivity index (χ2v) is 7.23. The van der Waals surface area contributed by atoms with E-state index in [-0.39, 0.29) is 0 Å². The first-order valence-corrected chi connectivity index (χ1v) is 9.69. The van der Waals surface area contributed by atoms with Gasteiger partial charge in [-0.15, -0.1) is 0 Å². The second kappa shape index (κ2) is 13.2. The molecule has 0 saturated heterocycles. The molecule has 4 heteroatoms. The van der Waals surface area contributed by atoms with E-state index in [0.717, 1.165) is 37.7 Å². The Morgan fingerprint density at radius 1 is 1.33 bits per heavy atom. The van der Waals surface area contributed by atoms with E-state index in [9.17, 15) is 9.90 Å². The van der Waals surface area contributed by atoms with Crippen molar-refractivity contribution in [2.45, 2.75) is 65.4 Å². The molecule has 1 heterocycles. The Labute approximate surface area is 163 Å². The lowest BCUT2D eigenvalue weighted by Gasteiger charge is -2.09. The quantitative estimate of drug-likeness (QED) is 0.303. The molecule has 0 aliphatic carbocycles. The summed E-state index contributed by atoms with van der Waals surface area (Å²) >= 11 is 0. The van der Waals surface area contributed by atoms with Gasteiger partial charge in [-0.3, -0.25) is 0 Å². The minimum Gasteiger partial charge on any atom is -0.472 e. The van der Waals surface area contributed by atoms with Crippen LogP contribution in [0.2, 0.25) is 0 Å². The van der Waals surface area contributed by atoms with Crippen LogP contribution in [-0.2, 0) is 16.0 Å². The number of aliphatic hydroxyl groups is 1. The van der Waals surface area contributed by atoms with Crippen LogP contribution in [0.5, 0.6) is 0 Å². The average molecular weight is 375 g/mol. The number of aryl methyl sites for hydroxylation is 1. The van der Waals surface area contributed by atoms with Gasteiger partial charge in [0.15, 0.2) is 6.10 Å². The molecule has 150 valence electrons. The predicted molar refractivity (Wildman–Crippen MR) is 109 cm³/mol. The van der Waals surface area contributed by atoms with Gasteiger partial charge in [-0.1, -0.05) is 42.4 Å². The molecule has 0 aromatic carbocycles. The Bertz CT molecular complexity index is 623. The topological polar surface area (TPSA) is 59.7 Å². The maximum Gasteiger partial charge on any atom is 0.335 e. The standard InChI is InChI=1S/C23H34O4/c1-18(10-6-12-20(3)16-22(24)23(25)26-4)8-5-9-19(2)11-7-13-21-14-15-27-17-21/h5,8-9,12,14-15,17-18,22,24H,6-7,10-11,13,16H2,1-4H3/b8-5+,19-9+,20-12?/t18-,22?/m1/s1. The molecule has 1 aromatic rings. The number of rotatable bonds is 12. The van der Waals surface area contributed by atoms with E-state index in [2.05, 4.69) is 42.9 Å². The van der Waals surface area contributed by atoms with Crippen LogP contribution in [0.15, 0.2) is 58.5 Å². The second-order valence-electron chi connectivity index (χ2n) is 7.23. The van der Waals surface area contributed by atoms with Crippen LogP contribution in [0.1, 0.15) is 58.4 Å². The van der Waals surface area contributed by atoms with Crippen molar-refractivity contribution in [3.8, 4) is 0 Å². The zero-order valence-electron chi connectivity index (χ0n) is 17.1. The van der Waals surface area contributed by atoms with Crippen LogP contribution in [0.3, 0.4) is 0 Å². The normalized spacial score (nSPS) is 15.1. The molecule has 4 nitrogen and oxygen atoms in total. The molecule has 0 fully saturated rings. The summed E-state index contributed by atoms with van der Waals surface area (Å²) in [5.41, 5.74) is 3.65. The van der Waals surface area contributed by atoms with Crippen molar-refractivity contribution in [1.29, 1.82) is 0 Å². The smallest absolute Gasteiger partial charge is 0.335 e. The average Bonchev–Trinajstić information content (AvgIpc) is 3.14. The van der Waals surface area contributed by atoms with E-state index >= 15 is 0 Å². The zero-order chi connectivity index (χ0) is 20.1. The molecule has 0 spiro atoms. The maximum atomic E-state index is 11.2. The lowest BCUT2D eigenvalue weighted by atomic mass is 10.0. The molecule has 0 amide bonds. The molecule has 0 radical (unpaired) electrons. The van der Waals surface area contributed by atoms with E-state index < -0.39 is 12.1 Å². The summed E-state index contributed by atoms with van der Waals surface area (Å²) in [4.78, 5) is 11.2. The Kier molecular flexibility index (Phi) is 11.2. The van der Waals surface area contributed by atoms with Crippen molar-refractivity contribution in [3.05, 3.63) is 59.6 Å². The molecule has 0 aliphatic rings. The number of esters is 1. The van der Waals surface area contributed by atoms with Crippen molar-refractivity contribution in [1.82, 2.24) is 0 Å². The van der Waals surface area contributed by atoms with E-state index in [0.29, 0.717) is 12.3 Å². The van der Waals surface area contributed by atoms with Crippen molar-refractivity contribution in [2.24, 2.45) is 5.92 Å². The summed E-state index contributed by atoms with van der Waals surface area (Å²) in [5.74, 6) is -0.0967. The van der Waals surface area contributed by atoms with Crippen LogP contribution in [0, 0.1) is 5.92 Å². The number of allylic oxidation sites excluding steroid dienone is 5. The summed E-state index contributed by atoms with van der Waals surface area (Å²) in [5, 5.41) is 9.64. The molecule has 0 saturated carbocycles. The SMILES string of the molecule is COC(=O)C(O)CC(C)=CCC[C@H](C)/C=C/C=C(\C)CCCc1ccoc1. The number of ether oxygens (including phenoxy) is 1. The minimum absolute atomic E-state index is 0.331. The van der Waals surface area contributed by atoms with E-state index in [1.165, 1.54) is 18.2 Å². The minimum atomic E-state index is -1.06. The highest BCUT2D eigenvalue weighted by Gasteiger charge is 2.15. The molecular formula is C23H34O4. The highest BCUT2D eigenvalue weighted by molar-refractivity contribution is 5.74. The van der Waals surface area contributed by atoms with E-state index in [1.807, 2.05) is 19.3 Å². The van der Waals surface area contributed by atoms with Crippen molar-refractivity contribution in [3.63, 3.8) is 0 Å². The Morgan fingerprint density at radius 3 is 2.78 bits per heavy atom. The van der Waals surface area contributed by atoms with Gasteiger partial charge < -0.3 is 14.3 Å². The van der Waals surface area contributed by atoms with Gasteiger partial charge in [-0.2, -0.15) is 0 Å². The summed E-state index contributed by atoms with van der Waals surface area (Å²) in [6, 6.07) is 2.02. The lowest BCUT2D eigenvalue weighted by Crippen LogP contribution is -2.21. The van der Waals surface area contributed by atoms with Gasteiger partial charge in [0.05, 0.1) is 19.6 Å². The summed E-state index contributed by atoms with van der Waals surface area (Å²) in [7, 11) is 1.29. The van der Waals surface area contributed by atoms with Crippen LogP contribution in [0.4, 0.5) is 0 Å². The third kappa shape index (κ3) is 10.6. The van der Waals surface area contributed by atoms with E-state index in [4.69, 9.17) is 4.42 Å². The van der Waals surface area contributed by atoms with Crippen LogP contribution >= 0.6 is 0 Å². The Morgan fingerprint density at radius 2 is 2.11 bits per heavy atom. The number of hydrogen-bond donors (Lipinski definition) is 1. The summed E-state index contributed by atoms with van der Waals surface area (Å²) < 4.78 is 9.61. The monoisotopic (exact) mass is 374 g/mol. The highest BCUT2D eigenvalue weighted by atomic mass is 16.5. The number of carbonyl (C=O) groups is 1. The fourth-order valence-electron chi connectivity index (χ4n) is 2.80. The van der Waals surface area contributed by atoms with Crippen molar-refractivity contribution < 1.29 is 19.1 Å². The van der Waals surface area contributed by atoms with Gasteiger partial charge >= 0.3 is 5.97 Å². The first-order chi connectivity index (χ1) is 12.9. The van der Waals surface area contributed by atoms with Gasteiger partial charge in [-0.25, -0.2) is 4.79 Å². The largest absolute Gasteiger partial charge is 0.472 e. The number of furan rings is 1. The number of carbonyl (C=O) groups excluding carboxylic acids is 1. The zero-order valence-corrected chi connectivity index (χ0v) is 17.1. The first kappa shape index (κ1) is 23.0. The maximum absolute atomic E-state index is 11.2. The molecule has 27 heavy (non-hydrogen) atoms. The molecule has 1 aromatic heterocycles. The van der Waals surface area contributed by atoms with Crippen molar-refractivity contribution in [2.75, 3.05) is 7.11 Å². The first-order valence-electron chi connectivity index (χ1n) is 9.69. The van der Waals surface area contributed by atoms with Gasteiger partial charge in [0.25, 0.3) is 0 Å².